The molecule has 0 aliphatic carbocycles. The summed E-state index contributed by atoms with van der Waals surface area (Å²) < 4.78 is 31.7. The standard InChI is InChI=1S/C15H26BNO8/c1-5-10-12(25-15(19)22-8-11(18)17-2)13(14(16)24-10)23-9(6-20-3)7-21-4/h9-10,12-14H,5-8H2,1-4H3,(H,17,18)/t10-,12?,13+,14-/m1/s1. The minimum Gasteiger partial charge on any atom is -0.425 e. The van der Waals surface area contributed by atoms with Crippen LogP contribution in [0, 0.1) is 0 Å². The van der Waals surface area contributed by atoms with E-state index in [-0.39, 0.29) is 13.2 Å². The van der Waals surface area contributed by atoms with E-state index in [0.717, 1.165) is 0 Å². The summed E-state index contributed by atoms with van der Waals surface area (Å²) in [6, 6.07) is -0.780. The van der Waals surface area contributed by atoms with Crippen molar-refractivity contribution in [2.75, 3.05) is 41.1 Å². The van der Waals surface area contributed by atoms with Crippen LogP contribution in [0.5, 0.6) is 0 Å². The lowest BCUT2D eigenvalue weighted by atomic mass is 9.92. The summed E-state index contributed by atoms with van der Waals surface area (Å²) in [7, 11) is 10.5. The molecular weight excluding hydrogens is 333 g/mol. The number of nitrogens with one attached hydrogen (secondary N) is 1. The highest BCUT2D eigenvalue weighted by atomic mass is 16.7. The number of carbonyl (C=O) groups excluding carboxylic acids is 2. The highest BCUT2D eigenvalue weighted by molar-refractivity contribution is 6.11. The van der Waals surface area contributed by atoms with Gasteiger partial charge in [0.15, 0.2) is 12.7 Å². The van der Waals surface area contributed by atoms with Crippen LogP contribution in [0.4, 0.5) is 4.79 Å². The molecule has 1 aliphatic rings. The quantitative estimate of drug-likeness (QED) is 0.416. The van der Waals surface area contributed by atoms with Crippen LogP contribution in [-0.4, -0.2) is 91.4 Å². The number of amides is 1. The zero-order valence-corrected chi connectivity index (χ0v) is 15.1. The fourth-order valence-electron chi connectivity index (χ4n) is 2.44. The van der Waals surface area contributed by atoms with Crippen LogP contribution in [0.3, 0.4) is 0 Å². The largest absolute Gasteiger partial charge is 0.509 e. The molecule has 1 amide bonds. The summed E-state index contributed by atoms with van der Waals surface area (Å²) >= 11 is 0. The van der Waals surface area contributed by atoms with Crippen molar-refractivity contribution in [3.63, 3.8) is 0 Å². The second-order valence-electron chi connectivity index (χ2n) is 5.48. The third-order valence-electron chi connectivity index (χ3n) is 3.64. The Morgan fingerprint density at radius 1 is 1.20 bits per heavy atom. The van der Waals surface area contributed by atoms with Gasteiger partial charge in [-0.1, -0.05) is 6.92 Å². The number of methoxy groups -OCH3 is 2. The van der Waals surface area contributed by atoms with Gasteiger partial charge in [-0.25, -0.2) is 4.79 Å². The van der Waals surface area contributed by atoms with E-state index in [4.69, 9.17) is 36.3 Å². The number of ether oxygens (including phenoxy) is 6. The van der Waals surface area contributed by atoms with E-state index >= 15 is 0 Å². The molecule has 1 N–H and O–H groups in total. The van der Waals surface area contributed by atoms with Crippen molar-refractivity contribution in [1.29, 1.82) is 0 Å². The van der Waals surface area contributed by atoms with Crippen LogP contribution in [-0.2, 0) is 33.2 Å². The molecule has 0 spiro atoms. The fourth-order valence-corrected chi connectivity index (χ4v) is 2.44. The topological polar surface area (TPSA) is 102 Å². The van der Waals surface area contributed by atoms with E-state index in [9.17, 15) is 9.59 Å². The number of rotatable bonds is 10. The molecule has 0 saturated carbocycles. The number of hydrogen-bond acceptors (Lipinski definition) is 8. The average molecular weight is 359 g/mol. The fraction of sp³-hybridized carbons (Fsp3) is 0.867. The number of carbonyl (C=O) groups is 2. The molecule has 2 radical (unpaired) electrons. The molecule has 9 nitrogen and oxygen atoms in total. The minimum atomic E-state index is -0.992. The van der Waals surface area contributed by atoms with Gasteiger partial charge in [0.05, 0.1) is 19.3 Å². The lowest BCUT2D eigenvalue weighted by Gasteiger charge is -2.27. The minimum absolute atomic E-state index is 0.279. The van der Waals surface area contributed by atoms with Crippen molar-refractivity contribution in [3.05, 3.63) is 0 Å². The Labute approximate surface area is 149 Å². The Bertz CT molecular complexity index is 418. The molecule has 25 heavy (non-hydrogen) atoms. The molecule has 0 aromatic rings. The first-order valence-electron chi connectivity index (χ1n) is 8.05. The first-order valence-corrected chi connectivity index (χ1v) is 8.05. The molecular formula is C15H26BNO8. The Morgan fingerprint density at radius 2 is 1.84 bits per heavy atom. The van der Waals surface area contributed by atoms with E-state index in [2.05, 4.69) is 5.32 Å². The monoisotopic (exact) mass is 359 g/mol. The predicted octanol–water partition coefficient (Wildman–Crippen LogP) is -0.396. The van der Waals surface area contributed by atoms with Gasteiger partial charge in [-0.05, 0) is 6.42 Å². The van der Waals surface area contributed by atoms with E-state index in [1.807, 2.05) is 6.92 Å². The molecule has 0 aromatic carbocycles. The predicted molar refractivity (Wildman–Crippen MR) is 87.4 cm³/mol. The maximum absolute atomic E-state index is 11.8. The zero-order valence-electron chi connectivity index (χ0n) is 15.1. The molecule has 1 rings (SSSR count). The summed E-state index contributed by atoms with van der Waals surface area (Å²) in [6.45, 7) is 1.99. The van der Waals surface area contributed by atoms with Crippen LogP contribution >= 0.6 is 0 Å². The Kier molecular flexibility index (Phi) is 9.80. The number of hydrogen-bond donors (Lipinski definition) is 1. The van der Waals surface area contributed by atoms with Gasteiger partial charge in [-0.3, -0.25) is 4.79 Å². The second-order valence-corrected chi connectivity index (χ2v) is 5.48. The molecule has 0 aromatic heterocycles. The van der Waals surface area contributed by atoms with Crippen LogP contribution in [0.1, 0.15) is 13.3 Å². The van der Waals surface area contributed by atoms with Gasteiger partial charge < -0.3 is 33.7 Å². The van der Waals surface area contributed by atoms with Crippen LogP contribution in [0.25, 0.3) is 0 Å². The zero-order chi connectivity index (χ0) is 18.8. The highest BCUT2D eigenvalue weighted by Crippen LogP contribution is 2.28. The Balaban J connectivity index is 2.72. The first kappa shape index (κ1) is 21.7. The number of likely N-dealkylation sites (N-methyl/N-ethyl adjacent to an activating group) is 1. The summed E-state index contributed by atoms with van der Waals surface area (Å²) in [5.74, 6) is -0.448. The summed E-state index contributed by atoms with van der Waals surface area (Å²) in [5, 5.41) is 2.34. The van der Waals surface area contributed by atoms with Crippen molar-refractivity contribution >= 4 is 19.9 Å². The van der Waals surface area contributed by atoms with E-state index in [0.29, 0.717) is 6.42 Å². The Morgan fingerprint density at radius 3 is 2.36 bits per heavy atom. The third kappa shape index (κ3) is 6.81. The van der Waals surface area contributed by atoms with E-state index in [1.165, 1.54) is 21.3 Å². The molecule has 142 valence electrons. The lowest BCUT2D eigenvalue weighted by molar-refractivity contribution is -0.127. The SMILES string of the molecule is [B][C@@H]1O[C@H](CC)C(OC(=O)OCC(=O)NC)[C@@H]1OC(COC)COC. The molecule has 1 unspecified atom stereocenters. The summed E-state index contributed by atoms with van der Waals surface area (Å²) in [5.41, 5.74) is 0. The van der Waals surface area contributed by atoms with Gasteiger partial charge in [0.2, 0.25) is 0 Å². The van der Waals surface area contributed by atoms with Gasteiger partial charge in [-0.2, -0.15) is 0 Å². The van der Waals surface area contributed by atoms with Crippen LogP contribution in [0.2, 0.25) is 0 Å². The van der Waals surface area contributed by atoms with Gasteiger partial charge in [0.25, 0.3) is 5.91 Å². The van der Waals surface area contributed by atoms with Crippen molar-refractivity contribution in [1.82, 2.24) is 5.32 Å². The maximum Gasteiger partial charge on any atom is 0.509 e. The van der Waals surface area contributed by atoms with Crippen molar-refractivity contribution in [3.8, 4) is 0 Å². The van der Waals surface area contributed by atoms with Crippen LogP contribution < -0.4 is 5.32 Å². The molecule has 10 heteroatoms. The summed E-state index contributed by atoms with van der Waals surface area (Å²) in [4.78, 5) is 23.0. The van der Waals surface area contributed by atoms with Crippen LogP contribution in [0.15, 0.2) is 0 Å². The highest BCUT2D eigenvalue weighted by Gasteiger charge is 2.46. The normalized spacial score (nSPS) is 25.8. The average Bonchev–Trinajstić information content (AvgIpc) is 2.88. The summed E-state index contributed by atoms with van der Waals surface area (Å²) in [6.07, 6.45) is -2.77. The van der Waals surface area contributed by atoms with Gasteiger partial charge in [0, 0.05) is 27.3 Å². The lowest BCUT2D eigenvalue weighted by Crippen LogP contribution is -2.43. The molecule has 0 bridgehead atoms. The maximum atomic E-state index is 11.8. The molecule has 1 aliphatic heterocycles. The molecule has 1 saturated heterocycles. The molecule has 1 heterocycles. The van der Waals surface area contributed by atoms with Crippen molar-refractivity contribution < 1.29 is 38.0 Å². The molecule has 4 atom stereocenters. The van der Waals surface area contributed by atoms with Gasteiger partial charge in [-0.15, -0.1) is 0 Å². The molecule has 1 fully saturated rings. The first-order chi connectivity index (χ1) is 12.0. The second kappa shape index (κ2) is 11.3. The third-order valence-corrected chi connectivity index (χ3v) is 3.64. The van der Waals surface area contributed by atoms with E-state index < -0.39 is 49.1 Å². The van der Waals surface area contributed by atoms with Crippen molar-refractivity contribution in [2.24, 2.45) is 0 Å². The van der Waals surface area contributed by atoms with Gasteiger partial charge >= 0.3 is 6.16 Å². The van der Waals surface area contributed by atoms with E-state index in [1.54, 1.807) is 0 Å². The van der Waals surface area contributed by atoms with Gasteiger partial charge in [0.1, 0.15) is 20.1 Å². The Hall–Kier alpha value is -1.36. The smallest absolute Gasteiger partial charge is 0.425 e. The van der Waals surface area contributed by atoms with Crippen molar-refractivity contribution in [2.45, 2.75) is 43.8 Å².